The zero-order valence-electron chi connectivity index (χ0n) is 11.7. The van der Waals surface area contributed by atoms with Crippen LogP contribution in [0.2, 0.25) is 0 Å². The number of rotatable bonds is 2. The lowest BCUT2D eigenvalue weighted by Crippen LogP contribution is -2.40. The quantitative estimate of drug-likeness (QED) is 0.757. The van der Waals surface area contributed by atoms with Gasteiger partial charge in [0.1, 0.15) is 5.60 Å². The first-order valence-corrected chi connectivity index (χ1v) is 6.54. The average molecular weight is 242 g/mol. The molecule has 0 aromatic heterocycles. The maximum absolute atomic E-state index is 12.2. The minimum Gasteiger partial charge on any atom is -0.460 e. The number of ether oxygens (including phenoxy) is 1. The van der Waals surface area contributed by atoms with Crippen LogP contribution in [0.25, 0.3) is 0 Å². The van der Waals surface area contributed by atoms with Gasteiger partial charge >= 0.3 is 5.97 Å². The van der Waals surface area contributed by atoms with Crippen LogP contribution < -0.4 is 0 Å². The monoisotopic (exact) mass is 242 g/mol. The van der Waals surface area contributed by atoms with Crippen molar-refractivity contribution >= 4 is 5.97 Å². The normalized spacial score (nSPS) is 26.7. The first-order valence-electron chi connectivity index (χ1n) is 6.54. The van der Waals surface area contributed by atoms with Crippen LogP contribution in [-0.4, -0.2) is 22.8 Å². The van der Waals surface area contributed by atoms with Crippen molar-refractivity contribution < 1.29 is 14.6 Å². The molecule has 3 nitrogen and oxygen atoms in total. The Morgan fingerprint density at radius 1 is 1.06 bits per heavy atom. The molecular formula is C14H26O3. The molecule has 0 radical (unpaired) electrons. The smallest absolute Gasteiger partial charge is 0.312 e. The maximum atomic E-state index is 12.2. The molecule has 1 fully saturated rings. The Morgan fingerprint density at radius 3 is 1.94 bits per heavy atom. The zero-order valence-corrected chi connectivity index (χ0v) is 11.7. The van der Waals surface area contributed by atoms with Gasteiger partial charge in [0.15, 0.2) is 0 Å². The van der Waals surface area contributed by atoms with Crippen LogP contribution in [0.3, 0.4) is 0 Å². The van der Waals surface area contributed by atoms with E-state index in [4.69, 9.17) is 4.74 Å². The van der Waals surface area contributed by atoms with E-state index in [9.17, 15) is 9.90 Å². The van der Waals surface area contributed by atoms with E-state index >= 15 is 0 Å². The van der Waals surface area contributed by atoms with E-state index in [1.165, 1.54) is 0 Å². The van der Waals surface area contributed by atoms with Gasteiger partial charge in [0.2, 0.25) is 0 Å². The Labute approximate surface area is 105 Å². The summed E-state index contributed by atoms with van der Waals surface area (Å²) < 4.78 is 5.48. The van der Waals surface area contributed by atoms with Crippen LogP contribution in [0.1, 0.15) is 60.3 Å². The molecule has 100 valence electrons. The number of aliphatic hydroxyl groups is 1. The molecule has 0 heterocycles. The molecule has 0 atom stereocenters. The number of hydrogen-bond acceptors (Lipinski definition) is 3. The molecule has 0 spiro atoms. The van der Waals surface area contributed by atoms with E-state index in [0.29, 0.717) is 5.92 Å². The molecule has 0 bridgehead atoms. The lowest BCUT2D eigenvalue weighted by molar-refractivity contribution is -0.170. The van der Waals surface area contributed by atoms with Gasteiger partial charge in [-0.3, -0.25) is 4.79 Å². The van der Waals surface area contributed by atoms with Gasteiger partial charge in [-0.15, -0.1) is 0 Å². The Balaban J connectivity index is 2.64. The minimum atomic E-state index is -0.451. The highest BCUT2D eigenvalue weighted by Crippen LogP contribution is 2.39. The summed E-state index contributed by atoms with van der Waals surface area (Å²) in [5, 5.41) is 9.50. The van der Waals surface area contributed by atoms with Crippen LogP contribution in [0, 0.1) is 11.3 Å². The van der Waals surface area contributed by atoms with Crippen molar-refractivity contribution in [2.24, 2.45) is 11.3 Å². The zero-order chi connectivity index (χ0) is 13.3. The maximum Gasteiger partial charge on any atom is 0.312 e. The summed E-state index contributed by atoms with van der Waals surface area (Å²) in [4.78, 5) is 12.2. The van der Waals surface area contributed by atoms with E-state index in [2.05, 4.69) is 0 Å². The van der Waals surface area contributed by atoms with Gasteiger partial charge in [0.05, 0.1) is 11.5 Å². The fourth-order valence-corrected chi connectivity index (χ4v) is 2.37. The third kappa shape index (κ3) is 3.98. The predicted octanol–water partition coefficient (Wildman–Crippen LogP) is 2.91. The van der Waals surface area contributed by atoms with Crippen molar-refractivity contribution in [3.63, 3.8) is 0 Å². The van der Waals surface area contributed by atoms with Crippen LogP contribution in [-0.2, 0) is 9.53 Å². The number of esters is 1. The van der Waals surface area contributed by atoms with Crippen LogP contribution >= 0.6 is 0 Å². The molecule has 1 rings (SSSR count). The van der Waals surface area contributed by atoms with Crippen LogP contribution in [0.4, 0.5) is 0 Å². The highest BCUT2D eigenvalue weighted by molar-refractivity contribution is 5.76. The van der Waals surface area contributed by atoms with Gasteiger partial charge in [-0.1, -0.05) is 0 Å². The lowest BCUT2D eigenvalue weighted by atomic mass is 9.70. The summed E-state index contributed by atoms with van der Waals surface area (Å²) in [7, 11) is 0. The summed E-state index contributed by atoms with van der Waals surface area (Å²) >= 11 is 0. The second kappa shape index (κ2) is 4.97. The molecule has 1 saturated carbocycles. The van der Waals surface area contributed by atoms with Crippen LogP contribution in [0.5, 0.6) is 0 Å². The average Bonchev–Trinajstić information content (AvgIpc) is 2.15. The Bertz CT molecular complexity index is 268. The fourth-order valence-electron chi connectivity index (χ4n) is 2.37. The molecule has 0 amide bonds. The van der Waals surface area contributed by atoms with Gasteiger partial charge in [-0.25, -0.2) is 0 Å². The number of aliphatic hydroxyl groups excluding tert-OH is 1. The van der Waals surface area contributed by atoms with Crippen molar-refractivity contribution in [3.8, 4) is 0 Å². The van der Waals surface area contributed by atoms with E-state index in [-0.39, 0.29) is 12.1 Å². The van der Waals surface area contributed by atoms with Crippen molar-refractivity contribution in [1.82, 2.24) is 0 Å². The first kappa shape index (κ1) is 14.5. The molecular weight excluding hydrogens is 216 g/mol. The van der Waals surface area contributed by atoms with Gasteiger partial charge in [-0.05, 0) is 66.2 Å². The van der Waals surface area contributed by atoms with Crippen molar-refractivity contribution in [2.75, 3.05) is 0 Å². The van der Waals surface area contributed by atoms with Crippen molar-refractivity contribution in [3.05, 3.63) is 0 Å². The molecule has 1 N–H and O–H groups in total. The van der Waals surface area contributed by atoms with E-state index in [0.717, 1.165) is 25.7 Å². The molecule has 3 heteroatoms. The molecule has 0 aliphatic heterocycles. The number of carbonyl (C=O) groups is 1. The molecule has 0 aromatic carbocycles. The minimum absolute atomic E-state index is 0.119. The molecule has 1 aliphatic carbocycles. The summed E-state index contributed by atoms with van der Waals surface area (Å²) in [5.41, 5.74) is -0.879. The molecule has 0 unspecified atom stereocenters. The van der Waals surface area contributed by atoms with Gasteiger partial charge < -0.3 is 9.84 Å². The Hall–Kier alpha value is -0.570. The third-order valence-electron chi connectivity index (χ3n) is 3.64. The second-order valence-electron chi connectivity index (χ2n) is 6.73. The predicted molar refractivity (Wildman–Crippen MR) is 67.6 cm³/mol. The summed E-state index contributed by atoms with van der Waals surface area (Å²) in [5.74, 6) is 0.201. The Kier molecular flexibility index (Phi) is 4.23. The lowest BCUT2D eigenvalue weighted by Gasteiger charge is -2.38. The number of hydrogen-bond donors (Lipinski definition) is 1. The number of carbonyl (C=O) groups excluding carboxylic acids is 1. The standard InChI is InChI=1S/C14H26O3/c1-13(2,3)17-12(16)14(4,5)10-6-8-11(15)9-7-10/h10-11,15H,6-9H2,1-5H3. The summed E-state index contributed by atoms with van der Waals surface area (Å²) in [6.45, 7) is 9.61. The molecule has 1 aliphatic rings. The van der Waals surface area contributed by atoms with E-state index in [1.807, 2.05) is 34.6 Å². The van der Waals surface area contributed by atoms with Gasteiger partial charge in [-0.2, -0.15) is 0 Å². The molecule has 17 heavy (non-hydrogen) atoms. The Morgan fingerprint density at radius 2 is 1.53 bits per heavy atom. The molecule has 0 aromatic rings. The summed E-state index contributed by atoms with van der Waals surface area (Å²) in [6.07, 6.45) is 3.25. The van der Waals surface area contributed by atoms with Gasteiger partial charge in [0.25, 0.3) is 0 Å². The fraction of sp³-hybridized carbons (Fsp3) is 0.929. The second-order valence-corrected chi connectivity index (χ2v) is 6.73. The first-order chi connectivity index (χ1) is 7.63. The highest BCUT2D eigenvalue weighted by atomic mass is 16.6. The summed E-state index contributed by atoms with van der Waals surface area (Å²) in [6, 6.07) is 0. The SMILES string of the molecule is CC(C)(C)OC(=O)C(C)(C)C1CCC(O)CC1. The van der Waals surface area contributed by atoms with E-state index < -0.39 is 11.0 Å². The third-order valence-corrected chi connectivity index (χ3v) is 3.64. The molecule has 0 saturated heterocycles. The van der Waals surface area contributed by atoms with Crippen LogP contribution in [0.15, 0.2) is 0 Å². The highest BCUT2D eigenvalue weighted by Gasteiger charge is 2.41. The van der Waals surface area contributed by atoms with Crippen molar-refractivity contribution in [2.45, 2.75) is 72.0 Å². The topological polar surface area (TPSA) is 46.5 Å². The van der Waals surface area contributed by atoms with Crippen molar-refractivity contribution in [1.29, 1.82) is 0 Å². The largest absolute Gasteiger partial charge is 0.460 e. The van der Waals surface area contributed by atoms with E-state index in [1.54, 1.807) is 0 Å². The van der Waals surface area contributed by atoms with Gasteiger partial charge in [0, 0.05) is 0 Å².